The summed E-state index contributed by atoms with van der Waals surface area (Å²) in [7, 11) is 0. The van der Waals surface area contributed by atoms with E-state index < -0.39 is 0 Å². The molecule has 0 saturated heterocycles. The zero-order valence-electron chi connectivity index (χ0n) is 11.5. The lowest BCUT2D eigenvalue weighted by Crippen LogP contribution is -2.31. The van der Waals surface area contributed by atoms with Crippen molar-refractivity contribution in [2.24, 2.45) is 0 Å². The molecule has 0 bridgehead atoms. The van der Waals surface area contributed by atoms with Gasteiger partial charge in [-0.3, -0.25) is 4.79 Å². The van der Waals surface area contributed by atoms with E-state index in [1.807, 2.05) is 35.7 Å². The molecule has 0 aliphatic rings. The van der Waals surface area contributed by atoms with Crippen molar-refractivity contribution in [1.82, 2.24) is 10.3 Å². The largest absolute Gasteiger partial charge is 0.619 e. The van der Waals surface area contributed by atoms with Crippen LogP contribution in [0.4, 0.5) is 0 Å². The number of hydrogen-bond donors (Lipinski definition) is 1. The Bertz CT molecular complexity index is 743. The van der Waals surface area contributed by atoms with E-state index in [4.69, 9.17) is 0 Å². The number of pyridine rings is 1. The number of carbonyl (C=O) groups excluding carboxylic acids is 1. The van der Waals surface area contributed by atoms with Crippen LogP contribution in [0.5, 0.6) is 0 Å². The Labute approximate surface area is 131 Å². The summed E-state index contributed by atoms with van der Waals surface area (Å²) in [5.74, 6) is -0.246. The maximum Gasteiger partial charge on any atom is 0.252 e. The number of benzene rings is 1. The minimum atomic E-state index is -0.312. The third-order valence-electron chi connectivity index (χ3n) is 3.17. The lowest BCUT2D eigenvalue weighted by atomic mass is 10.1. The predicted molar refractivity (Wildman–Crippen MR) is 83.3 cm³/mol. The van der Waals surface area contributed by atoms with E-state index in [0.29, 0.717) is 10.3 Å². The molecule has 3 aromatic rings. The first-order valence-electron chi connectivity index (χ1n) is 6.68. The summed E-state index contributed by atoms with van der Waals surface area (Å²) in [5, 5.41) is 16.7. The summed E-state index contributed by atoms with van der Waals surface area (Å²) in [6, 6.07) is 12.3. The van der Waals surface area contributed by atoms with Gasteiger partial charge in [0.25, 0.3) is 5.91 Å². The van der Waals surface area contributed by atoms with E-state index in [1.165, 1.54) is 35.9 Å². The Kier molecular flexibility index (Phi) is 4.11. The van der Waals surface area contributed by atoms with Gasteiger partial charge in [0.2, 0.25) is 0 Å². The maximum atomic E-state index is 12.4. The highest BCUT2D eigenvalue weighted by Gasteiger charge is 2.20. The summed E-state index contributed by atoms with van der Waals surface area (Å²) in [4.78, 5) is 16.7. The molecule has 3 rings (SSSR count). The summed E-state index contributed by atoms with van der Waals surface area (Å²) in [6.45, 7) is 0. The summed E-state index contributed by atoms with van der Waals surface area (Å²) >= 11 is 1.49. The van der Waals surface area contributed by atoms with Gasteiger partial charge in [-0.2, -0.15) is 4.73 Å². The highest BCUT2D eigenvalue weighted by Crippen LogP contribution is 2.24. The average molecular weight is 311 g/mol. The monoisotopic (exact) mass is 311 g/mol. The Hall–Kier alpha value is -2.73. The molecule has 2 heterocycles. The molecule has 0 aliphatic carbocycles. The smallest absolute Gasteiger partial charge is 0.252 e. The van der Waals surface area contributed by atoms with Gasteiger partial charge in [-0.05, 0) is 5.56 Å². The van der Waals surface area contributed by atoms with Gasteiger partial charge in [-0.1, -0.05) is 30.3 Å². The van der Waals surface area contributed by atoms with Gasteiger partial charge in [0, 0.05) is 23.7 Å². The highest BCUT2D eigenvalue weighted by molar-refractivity contribution is 7.09. The summed E-state index contributed by atoms with van der Waals surface area (Å²) in [6.07, 6.45) is 4.32. The molecule has 0 aliphatic heterocycles. The molecule has 1 aromatic carbocycles. The lowest BCUT2D eigenvalue weighted by Gasteiger charge is -2.17. The van der Waals surface area contributed by atoms with Crippen molar-refractivity contribution < 1.29 is 9.52 Å². The Balaban J connectivity index is 1.87. The second-order valence-electron chi connectivity index (χ2n) is 4.63. The molecule has 1 N–H and O–H groups in total. The number of nitrogens with zero attached hydrogens (tertiary/aromatic N) is 2. The Morgan fingerprint density at radius 1 is 1.18 bits per heavy atom. The van der Waals surface area contributed by atoms with Crippen molar-refractivity contribution in [1.29, 1.82) is 0 Å². The number of amides is 1. The van der Waals surface area contributed by atoms with Gasteiger partial charge < -0.3 is 10.5 Å². The van der Waals surface area contributed by atoms with Crippen molar-refractivity contribution >= 4 is 17.2 Å². The van der Waals surface area contributed by atoms with E-state index in [-0.39, 0.29) is 11.9 Å². The van der Waals surface area contributed by atoms with E-state index >= 15 is 0 Å². The first-order valence-corrected chi connectivity index (χ1v) is 7.56. The number of hydrogen-bond acceptors (Lipinski definition) is 4. The van der Waals surface area contributed by atoms with Crippen LogP contribution in [0.25, 0.3) is 0 Å². The first kappa shape index (κ1) is 14.2. The SMILES string of the molecule is O=C(NC(c1ccccc1)c1nccs1)c1cc[n+]([O-])cc1. The Morgan fingerprint density at radius 3 is 2.55 bits per heavy atom. The minimum absolute atomic E-state index is 0.246. The Morgan fingerprint density at radius 2 is 1.91 bits per heavy atom. The van der Waals surface area contributed by atoms with Crippen molar-refractivity contribution in [3.8, 4) is 0 Å². The quantitative estimate of drug-likeness (QED) is 0.594. The van der Waals surface area contributed by atoms with E-state index in [9.17, 15) is 10.0 Å². The number of rotatable bonds is 4. The molecule has 6 heteroatoms. The van der Waals surface area contributed by atoms with Gasteiger partial charge in [0.1, 0.15) is 11.0 Å². The van der Waals surface area contributed by atoms with Crippen LogP contribution in [0.2, 0.25) is 0 Å². The van der Waals surface area contributed by atoms with Crippen LogP contribution in [-0.4, -0.2) is 10.9 Å². The summed E-state index contributed by atoms with van der Waals surface area (Å²) < 4.78 is 0.645. The van der Waals surface area contributed by atoms with E-state index in [0.717, 1.165) is 10.6 Å². The molecule has 0 spiro atoms. The molecule has 2 aromatic heterocycles. The van der Waals surface area contributed by atoms with Crippen LogP contribution < -0.4 is 10.0 Å². The van der Waals surface area contributed by atoms with E-state index in [1.54, 1.807) is 6.20 Å². The maximum absolute atomic E-state index is 12.4. The highest BCUT2D eigenvalue weighted by atomic mass is 32.1. The van der Waals surface area contributed by atoms with Crippen LogP contribution >= 0.6 is 11.3 Å². The molecule has 1 unspecified atom stereocenters. The number of carbonyl (C=O) groups is 1. The molecular formula is C16H13N3O2S. The molecule has 110 valence electrons. The molecular weight excluding hydrogens is 298 g/mol. The van der Waals surface area contributed by atoms with Crippen LogP contribution in [0.15, 0.2) is 66.4 Å². The van der Waals surface area contributed by atoms with Crippen molar-refractivity contribution in [3.05, 3.63) is 87.8 Å². The zero-order chi connectivity index (χ0) is 15.4. The fourth-order valence-electron chi connectivity index (χ4n) is 2.09. The minimum Gasteiger partial charge on any atom is -0.619 e. The number of nitrogens with one attached hydrogen (secondary N) is 1. The molecule has 22 heavy (non-hydrogen) atoms. The van der Waals surface area contributed by atoms with Crippen LogP contribution in [0.3, 0.4) is 0 Å². The van der Waals surface area contributed by atoms with E-state index in [2.05, 4.69) is 10.3 Å². The van der Waals surface area contributed by atoms with Crippen LogP contribution in [-0.2, 0) is 0 Å². The standard InChI is InChI=1S/C16H13N3O2S/c20-15(13-6-9-19(21)10-7-13)18-14(16-17-8-11-22-16)12-4-2-1-3-5-12/h1-11,14H,(H,18,20). The van der Waals surface area contributed by atoms with Crippen molar-refractivity contribution in [3.63, 3.8) is 0 Å². The van der Waals surface area contributed by atoms with Gasteiger partial charge in [0.05, 0.1) is 5.56 Å². The first-order chi connectivity index (χ1) is 10.7. The lowest BCUT2D eigenvalue weighted by molar-refractivity contribution is -0.605. The normalized spacial score (nSPS) is 11.8. The van der Waals surface area contributed by atoms with Gasteiger partial charge in [-0.15, -0.1) is 11.3 Å². The van der Waals surface area contributed by atoms with Crippen molar-refractivity contribution in [2.45, 2.75) is 6.04 Å². The van der Waals surface area contributed by atoms with Crippen LogP contribution in [0.1, 0.15) is 27.0 Å². The molecule has 0 fully saturated rings. The predicted octanol–water partition coefficient (Wildman–Crippen LogP) is 2.30. The molecule has 1 atom stereocenters. The third kappa shape index (κ3) is 3.12. The van der Waals surface area contributed by atoms with Gasteiger partial charge in [-0.25, -0.2) is 4.98 Å². The summed E-state index contributed by atoms with van der Waals surface area (Å²) in [5.41, 5.74) is 1.39. The molecule has 0 radical (unpaired) electrons. The second kappa shape index (κ2) is 6.36. The molecule has 1 amide bonds. The third-order valence-corrected chi connectivity index (χ3v) is 4.01. The zero-order valence-corrected chi connectivity index (χ0v) is 12.4. The average Bonchev–Trinajstić information content (AvgIpc) is 3.08. The second-order valence-corrected chi connectivity index (χ2v) is 5.56. The topological polar surface area (TPSA) is 68.9 Å². The van der Waals surface area contributed by atoms with Crippen molar-refractivity contribution in [2.75, 3.05) is 0 Å². The molecule has 5 nitrogen and oxygen atoms in total. The van der Waals surface area contributed by atoms with Gasteiger partial charge in [0.15, 0.2) is 12.4 Å². The van der Waals surface area contributed by atoms with Crippen LogP contribution in [0, 0.1) is 5.21 Å². The number of thiazole rings is 1. The fraction of sp³-hybridized carbons (Fsp3) is 0.0625. The molecule has 0 saturated carbocycles. The number of aromatic nitrogens is 2. The fourth-order valence-corrected chi connectivity index (χ4v) is 2.80. The van der Waals surface area contributed by atoms with Gasteiger partial charge >= 0.3 is 0 Å².